The zero-order valence-corrected chi connectivity index (χ0v) is 7.64. The average molecular weight is 182 g/mol. The zero-order valence-electron chi connectivity index (χ0n) is 7.64. The van der Waals surface area contributed by atoms with Crippen LogP contribution in [-0.2, 0) is 0 Å². The first-order valence-corrected chi connectivity index (χ1v) is 4.60. The summed E-state index contributed by atoms with van der Waals surface area (Å²) in [5.41, 5.74) is 9.00. The number of hydrogen-bond donors (Lipinski definition) is 1. The lowest BCUT2D eigenvalue weighted by Crippen LogP contribution is -1.89. The Morgan fingerprint density at radius 3 is 2.71 bits per heavy atom. The molecule has 2 heteroatoms. The highest BCUT2D eigenvalue weighted by atomic mass is 14.9. The van der Waals surface area contributed by atoms with E-state index >= 15 is 0 Å². The van der Waals surface area contributed by atoms with Crippen LogP contribution in [0.1, 0.15) is 0 Å². The van der Waals surface area contributed by atoms with Crippen LogP contribution in [0.15, 0.2) is 48.7 Å². The molecule has 1 aromatic carbocycles. The molecule has 2 heterocycles. The van der Waals surface area contributed by atoms with Crippen LogP contribution in [0.4, 0.5) is 5.69 Å². The first-order valence-electron chi connectivity index (χ1n) is 4.60. The maximum Gasteiger partial charge on any atom is 0.0692 e. The number of nitrogens with zero attached hydrogens (tertiary/aromatic N) is 1. The molecule has 68 valence electrons. The van der Waals surface area contributed by atoms with E-state index < -0.39 is 0 Å². The van der Waals surface area contributed by atoms with Gasteiger partial charge in [0.15, 0.2) is 0 Å². The van der Waals surface area contributed by atoms with Gasteiger partial charge in [-0.15, -0.1) is 0 Å². The van der Waals surface area contributed by atoms with Gasteiger partial charge in [-0.25, -0.2) is 0 Å². The maximum atomic E-state index is 5.90. The molecule has 0 saturated carbocycles. The molecule has 0 fully saturated rings. The van der Waals surface area contributed by atoms with Crippen molar-refractivity contribution < 1.29 is 0 Å². The predicted octanol–water partition coefficient (Wildman–Crippen LogP) is 2.67. The van der Waals surface area contributed by atoms with Crippen LogP contribution in [-0.4, -0.2) is 4.40 Å². The summed E-state index contributed by atoms with van der Waals surface area (Å²) in [6, 6.07) is 14.3. The van der Waals surface area contributed by atoms with Gasteiger partial charge < -0.3 is 10.1 Å². The van der Waals surface area contributed by atoms with Crippen molar-refractivity contribution in [1.82, 2.24) is 4.40 Å². The Kier molecular flexibility index (Phi) is 1.34. The van der Waals surface area contributed by atoms with Crippen molar-refractivity contribution in [1.29, 1.82) is 0 Å². The van der Waals surface area contributed by atoms with Crippen LogP contribution >= 0.6 is 0 Å². The maximum absolute atomic E-state index is 5.90. The van der Waals surface area contributed by atoms with Crippen molar-refractivity contribution in [3.05, 3.63) is 48.7 Å². The number of hydrogen-bond acceptors (Lipinski definition) is 1. The average Bonchev–Trinajstić information content (AvgIpc) is 2.59. The Morgan fingerprint density at radius 2 is 1.79 bits per heavy atom. The van der Waals surface area contributed by atoms with E-state index in [9.17, 15) is 0 Å². The summed E-state index contributed by atoms with van der Waals surface area (Å²) in [6.07, 6.45) is 2.04. The van der Waals surface area contributed by atoms with E-state index in [2.05, 4.69) is 22.6 Å². The molecule has 0 radical (unpaired) electrons. The minimum Gasteiger partial charge on any atom is -0.397 e. The highest BCUT2D eigenvalue weighted by Gasteiger charge is 2.02. The van der Waals surface area contributed by atoms with Gasteiger partial charge in [0.1, 0.15) is 0 Å². The number of nitrogens with two attached hydrogens (primary N) is 1. The number of aromatic nitrogens is 1. The van der Waals surface area contributed by atoms with E-state index in [4.69, 9.17) is 5.73 Å². The molecule has 0 spiro atoms. The highest BCUT2D eigenvalue weighted by molar-refractivity contribution is 5.91. The second-order valence-corrected chi connectivity index (χ2v) is 3.42. The normalized spacial score (nSPS) is 11.1. The van der Waals surface area contributed by atoms with Gasteiger partial charge in [0.2, 0.25) is 0 Å². The van der Waals surface area contributed by atoms with Gasteiger partial charge in [0.25, 0.3) is 0 Å². The third-order valence-corrected chi connectivity index (χ3v) is 2.55. The monoisotopic (exact) mass is 182 g/mol. The molecule has 0 aliphatic carbocycles. The highest BCUT2D eigenvalue weighted by Crippen LogP contribution is 2.23. The lowest BCUT2D eigenvalue weighted by molar-refractivity contribution is 1.26. The standard InChI is InChI=1S/C12H10N2/c13-10-5-3-7-14-11-6-2-1-4-9(11)8-12(10)14/h1-8H,13H2. The van der Waals surface area contributed by atoms with Crippen molar-refractivity contribution in [3.63, 3.8) is 0 Å². The molecular weight excluding hydrogens is 172 g/mol. The molecule has 3 rings (SSSR count). The fourth-order valence-electron chi connectivity index (χ4n) is 1.88. The largest absolute Gasteiger partial charge is 0.397 e. The number of rotatable bonds is 0. The van der Waals surface area contributed by atoms with E-state index in [1.54, 1.807) is 0 Å². The fraction of sp³-hybridized carbons (Fsp3) is 0. The van der Waals surface area contributed by atoms with Crippen molar-refractivity contribution in [2.75, 3.05) is 5.73 Å². The Balaban J connectivity index is 2.63. The van der Waals surface area contributed by atoms with Crippen LogP contribution in [0.25, 0.3) is 16.4 Å². The molecule has 0 aliphatic heterocycles. The summed E-state index contributed by atoms with van der Waals surface area (Å²) < 4.78 is 2.12. The van der Waals surface area contributed by atoms with Crippen molar-refractivity contribution >= 4 is 22.1 Å². The summed E-state index contributed by atoms with van der Waals surface area (Å²) in [4.78, 5) is 0. The van der Waals surface area contributed by atoms with Gasteiger partial charge in [-0.1, -0.05) is 18.2 Å². The first-order chi connectivity index (χ1) is 6.86. The third kappa shape index (κ3) is 0.852. The molecule has 0 aliphatic rings. The Bertz CT molecular complexity index is 608. The molecule has 3 aromatic rings. The van der Waals surface area contributed by atoms with Crippen molar-refractivity contribution in [2.45, 2.75) is 0 Å². The minimum atomic E-state index is 0.823. The van der Waals surface area contributed by atoms with Crippen molar-refractivity contribution in [2.24, 2.45) is 0 Å². The molecule has 2 nitrogen and oxygen atoms in total. The summed E-state index contributed by atoms with van der Waals surface area (Å²) in [5, 5.41) is 1.23. The summed E-state index contributed by atoms with van der Waals surface area (Å²) >= 11 is 0. The molecule has 0 amide bonds. The van der Waals surface area contributed by atoms with Crippen LogP contribution in [0, 0.1) is 0 Å². The number of fused-ring (bicyclic) bond motifs is 3. The Hall–Kier alpha value is -1.96. The lowest BCUT2D eigenvalue weighted by Gasteiger charge is -1.98. The van der Waals surface area contributed by atoms with Crippen molar-refractivity contribution in [3.8, 4) is 0 Å². The Morgan fingerprint density at radius 1 is 0.929 bits per heavy atom. The van der Waals surface area contributed by atoms with E-state index in [-0.39, 0.29) is 0 Å². The molecule has 2 N–H and O–H groups in total. The molecule has 0 saturated heterocycles. The molecular formula is C12H10N2. The quantitative estimate of drug-likeness (QED) is 0.569. The number of anilines is 1. The molecule has 2 aromatic heterocycles. The SMILES string of the molecule is Nc1cccn2c1cc1ccccc12. The minimum absolute atomic E-state index is 0.823. The van der Waals surface area contributed by atoms with Gasteiger partial charge in [0.05, 0.1) is 16.7 Å². The lowest BCUT2D eigenvalue weighted by atomic mass is 10.2. The Labute approximate surface area is 81.6 Å². The second kappa shape index (κ2) is 2.51. The molecule has 14 heavy (non-hydrogen) atoms. The molecule has 0 unspecified atom stereocenters. The summed E-state index contributed by atoms with van der Waals surface area (Å²) in [7, 11) is 0. The van der Waals surface area contributed by atoms with Gasteiger partial charge in [-0.05, 0) is 24.3 Å². The van der Waals surface area contributed by atoms with Crippen LogP contribution < -0.4 is 5.73 Å². The van der Waals surface area contributed by atoms with Crippen LogP contribution in [0.5, 0.6) is 0 Å². The van der Waals surface area contributed by atoms with E-state index in [1.807, 2.05) is 30.5 Å². The number of pyridine rings is 1. The van der Waals surface area contributed by atoms with Crippen LogP contribution in [0.3, 0.4) is 0 Å². The summed E-state index contributed by atoms with van der Waals surface area (Å²) in [6.45, 7) is 0. The smallest absolute Gasteiger partial charge is 0.0692 e. The number of nitrogen functional groups attached to an aromatic ring is 1. The topological polar surface area (TPSA) is 30.4 Å². The van der Waals surface area contributed by atoms with E-state index in [0.717, 1.165) is 11.2 Å². The van der Waals surface area contributed by atoms with E-state index in [0.29, 0.717) is 0 Å². The summed E-state index contributed by atoms with van der Waals surface area (Å²) in [5.74, 6) is 0. The van der Waals surface area contributed by atoms with Crippen LogP contribution in [0.2, 0.25) is 0 Å². The van der Waals surface area contributed by atoms with Gasteiger partial charge >= 0.3 is 0 Å². The fourth-order valence-corrected chi connectivity index (χ4v) is 1.88. The zero-order chi connectivity index (χ0) is 9.54. The first kappa shape index (κ1) is 7.44. The second-order valence-electron chi connectivity index (χ2n) is 3.42. The van der Waals surface area contributed by atoms with Gasteiger partial charge in [-0.3, -0.25) is 0 Å². The number of para-hydroxylation sites is 1. The van der Waals surface area contributed by atoms with Gasteiger partial charge in [0, 0.05) is 11.6 Å². The molecule has 0 atom stereocenters. The number of benzene rings is 1. The third-order valence-electron chi connectivity index (χ3n) is 2.55. The molecule has 0 bridgehead atoms. The predicted molar refractivity (Wildman–Crippen MR) is 59.3 cm³/mol. The van der Waals surface area contributed by atoms with E-state index in [1.165, 1.54) is 10.9 Å². The van der Waals surface area contributed by atoms with Gasteiger partial charge in [-0.2, -0.15) is 0 Å².